The lowest BCUT2D eigenvalue weighted by atomic mass is 10.1. The third-order valence-corrected chi connectivity index (χ3v) is 2.66. The van der Waals surface area contributed by atoms with Crippen LogP contribution in [0, 0.1) is 5.92 Å². The number of carbonyl (C=O) groups excluding carboxylic acids is 1. The van der Waals surface area contributed by atoms with Gasteiger partial charge in [0.1, 0.15) is 5.60 Å². The van der Waals surface area contributed by atoms with Gasteiger partial charge in [0, 0.05) is 19.8 Å². The van der Waals surface area contributed by atoms with Gasteiger partial charge in [-0.15, -0.1) is 0 Å². The number of rotatable bonds is 3. The van der Waals surface area contributed by atoms with E-state index in [-0.39, 0.29) is 12.1 Å². The summed E-state index contributed by atoms with van der Waals surface area (Å²) in [7, 11) is 1.72. The van der Waals surface area contributed by atoms with Gasteiger partial charge in [-0.2, -0.15) is 0 Å². The monoisotopic (exact) mass is 229 g/mol. The topological polar surface area (TPSA) is 47.6 Å². The van der Waals surface area contributed by atoms with Crippen LogP contribution in [0.2, 0.25) is 0 Å². The highest BCUT2D eigenvalue weighted by Gasteiger charge is 2.27. The number of alkyl carbamates (subject to hydrolysis) is 1. The predicted octanol–water partition coefficient (Wildman–Crippen LogP) is 2.33. The van der Waals surface area contributed by atoms with Crippen molar-refractivity contribution in [3.63, 3.8) is 0 Å². The molecule has 4 heteroatoms. The fourth-order valence-corrected chi connectivity index (χ4v) is 2.07. The first-order valence-electron chi connectivity index (χ1n) is 5.89. The second kappa shape index (κ2) is 5.53. The molecule has 1 rings (SSSR count). The quantitative estimate of drug-likeness (QED) is 0.808. The first kappa shape index (κ1) is 13.3. The average molecular weight is 229 g/mol. The smallest absolute Gasteiger partial charge is 0.407 e. The van der Waals surface area contributed by atoms with E-state index in [1.54, 1.807) is 7.11 Å². The maximum absolute atomic E-state index is 11.5. The van der Waals surface area contributed by atoms with E-state index < -0.39 is 5.60 Å². The first-order valence-corrected chi connectivity index (χ1v) is 5.89. The van der Waals surface area contributed by atoms with Gasteiger partial charge in [-0.05, 0) is 46.0 Å². The van der Waals surface area contributed by atoms with Crippen molar-refractivity contribution in [1.82, 2.24) is 5.32 Å². The fraction of sp³-hybridized carbons (Fsp3) is 0.917. The Morgan fingerprint density at radius 3 is 2.62 bits per heavy atom. The summed E-state index contributed by atoms with van der Waals surface area (Å²) >= 11 is 0. The minimum Gasteiger partial charge on any atom is -0.444 e. The molecule has 1 aliphatic carbocycles. The molecular formula is C12H23NO3. The van der Waals surface area contributed by atoms with Gasteiger partial charge in [0.2, 0.25) is 0 Å². The van der Waals surface area contributed by atoms with Crippen molar-refractivity contribution in [2.24, 2.45) is 5.92 Å². The van der Waals surface area contributed by atoms with E-state index in [0.29, 0.717) is 5.92 Å². The minimum absolute atomic E-state index is 0.245. The molecule has 0 spiro atoms. The summed E-state index contributed by atoms with van der Waals surface area (Å²) in [5, 5.41) is 2.91. The Labute approximate surface area is 97.7 Å². The summed E-state index contributed by atoms with van der Waals surface area (Å²) in [6.45, 7) is 6.39. The molecule has 16 heavy (non-hydrogen) atoms. The van der Waals surface area contributed by atoms with Crippen molar-refractivity contribution in [3.8, 4) is 0 Å². The molecule has 0 aromatic rings. The number of hydrogen-bond donors (Lipinski definition) is 1. The van der Waals surface area contributed by atoms with Crippen LogP contribution in [-0.4, -0.2) is 31.5 Å². The molecule has 0 radical (unpaired) electrons. The molecule has 1 saturated carbocycles. The SMILES string of the molecule is COC[C@@H]1CCC(NC(=O)OC(C)(C)C)C1. The summed E-state index contributed by atoms with van der Waals surface area (Å²) in [6, 6.07) is 0.245. The molecule has 0 saturated heterocycles. The van der Waals surface area contributed by atoms with Gasteiger partial charge >= 0.3 is 6.09 Å². The maximum atomic E-state index is 11.5. The van der Waals surface area contributed by atoms with E-state index in [9.17, 15) is 4.79 Å². The van der Waals surface area contributed by atoms with Gasteiger partial charge in [-0.1, -0.05) is 0 Å². The summed E-state index contributed by atoms with van der Waals surface area (Å²) in [5.41, 5.74) is -0.422. The molecule has 2 atom stereocenters. The van der Waals surface area contributed by atoms with Crippen molar-refractivity contribution in [3.05, 3.63) is 0 Å². The van der Waals surface area contributed by atoms with E-state index in [4.69, 9.17) is 9.47 Å². The van der Waals surface area contributed by atoms with Gasteiger partial charge in [-0.25, -0.2) is 4.79 Å². The second-order valence-corrected chi connectivity index (χ2v) is 5.48. The highest BCUT2D eigenvalue weighted by molar-refractivity contribution is 5.68. The van der Waals surface area contributed by atoms with Gasteiger partial charge in [0.25, 0.3) is 0 Å². The molecule has 1 amide bonds. The molecular weight excluding hydrogens is 206 g/mol. The Balaban J connectivity index is 2.26. The number of carbonyl (C=O) groups is 1. The molecule has 0 aromatic heterocycles. The van der Waals surface area contributed by atoms with Crippen LogP contribution in [0.4, 0.5) is 4.79 Å². The number of methoxy groups -OCH3 is 1. The van der Waals surface area contributed by atoms with Crippen molar-refractivity contribution in [2.45, 2.75) is 51.7 Å². The molecule has 0 heterocycles. The Bertz CT molecular complexity index is 235. The van der Waals surface area contributed by atoms with Gasteiger partial charge in [0.05, 0.1) is 0 Å². The van der Waals surface area contributed by atoms with E-state index in [1.165, 1.54) is 0 Å². The van der Waals surface area contributed by atoms with Crippen molar-refractivity contribution >= 4 is 6.09 Å². The standard InChI is InChI=1S/C12H23NO3/c1-12(2,3)16-11(14)13-10-6-5-9(7-10)8-15-4/h9-10H,5-8H2,1-4H3,(H,13,14)/t9-,10?/m1/s1. The lowest BCUT2D eigenvalue weighted by Crippen LogP contribution is -2.38. The van der Waals surface area contributed by atoms with Crippen LogP contribution in [-0.2, 0) is 9.47 Å². The molecule has 0 aromatic carbocycles. The summed E-state index contributed by atoms with van der Waals surface area (Å²) in [4.78, 5) is 11.5. The number of amides is 1. The fourth-order valence-electron chi connectivity index (χ4n) is 2.07. The zero-order chi connectivity index (χ0) is 12.2. The van der Waals surface area contributed by atoms with E-state index in [1.807, 2.05) is 20.8 Å². The molecule has 0 bridgehead atoms. The van der Waals surface area contributed by atoms with E-state index in [0.717, 1.165) is 25.9 Å². The van der Waals surface area contributed by atoms with E-state index in [2.05, 4.69) is 5.32 Å². The highest BCUT2D eigenvalue weighted by Crippen LogP contribution is 2.25. The van der Waals surface area contributed by atoms with Crippen LogP contribution >= 0.6 is 0 Å². The highest BCUT2D eigenvalue weighted by atomic mass is 16.6. The maximum Gasteiger partial charge on any atom is 0.407 e. The van der Waals surface area contributed by atoms with Crippen molar-refractivity contribution in [1.29, 1.82) is 0 Å². The van der Waals surface area contributed by atoms with Gasteiger partial charge in [0.15, 0.2) is 0 Å². The molecule has 1 aliphatic rings. The van der Waals surface area contributed by atoms with Crippen molar-refractivity contribution in [2.75, 3.05) is 13.7 Å². The van der Waals surface area contributed by atoms with Crippen molar-refractivity contribution < 1.29 is 14.3 Å². The second-order valence-electron chi connectivity index (χ2n) is 5.48. The molecule has 1 N–H and O–H groups in total. The molecule has 0 aliphatic heterocycles. The van der Waals surface area contributed by atoms with Gasteiger partial charge < -0.3 is 14.8 Å². The third-order valence-electron chi connectivity index (χ3n) is 2.66. The number of ether oxygens (including phenoxy) is 2. The van der Waals surface area contributed by atoms with Crippen LogP contribution in [0.5, 0.6) is 0 Å². The summed E-state index contributed by atoms with van der Waals surface area (Å²) in [6.07, 6.45) is 2.82. The Kier molecular flexibility index (Phi) is 4.59. The summed E-state index contributed by atoms with van der Waals surface area (Å²) in [5.74, 6) is 0.574. The lowest BCUT2D eigenvalue weighted by Gasteiger charge is -2.21. The predicted molar refractivity (Wildman–Crippen MR) is 62.4 cm³/mol. The normalized spacial score (nSPS) is 25.5. The van der Waals surface area contributed by atoms with Gasteiger partial charge in [-0.3, -0.25) is 0 Å². The summed E-state index contributed by atoms with van der Waals surface area (Å²) < 4.78 is 10.3. The largest absolute Gasteiger partial charge is 0.444 e. The van der Waals surface area contributed by atoms with E-state index >= 15 is 0 Å². The first-order chi connectivity index (χ1) is 7.40. The Morgan fingerprint density at radius 1 is 1.38 bits per heavy atom. The molecule has 1 unspecified atom stereocenters. The number of nitrogens with one attached hydrogen (secondary N) is 1. The van der Waals surface area contributed by atoms with Crippen LogP contribution in [0.25, 0.3) is 0 Å². The lowest BCUT2D eigenvalue weighted by molar-refractivity contribution is 0.0503. The zero-order valence-electron chi connectivity index (χ0n) is 10.7. The average Bonchev–Trinajstić information content (AvgIpc) is 2.49. The zero-order valence-corrected chi connectivity index (χ0v) is 10.7. The van der Waals surface area contributed by atoms with Crippen LogP contribution in [0.15, 0.2) is 0 Å². The Morgan fingerprint density at radius 2 is 2.06 bits per heavy atom. The minimum atomic E-state index is -0.422. The molecule has 94 valence electrons. The van der Waals surface area contributed by atoms with Crippen LogP contribution in [0.3, 0.4) is 0 Å². The Hall–Kier alpha value is -0.770. The van der Waals surface area contributed by atoms with Crippen LogP contribution in [0.1, 0.15) is 40.0 Å². The molecule has 1 fully saturated rings. The third kappa shape index (κ3) is 4.84. The number of hydrogen-bond acceptors (Lipinski definition) is 3. The molecule has 4 nitrogen and oxygen atoms in total. The van der Waals surface area contributed by atoms with Crippen LogP contribution < -0.4 is 5.32 Å².